The van der Waals surface area contributed by atoms with E-state index in [9.17, 15) is 4.39 Å². The molecule has 1 saturated carbocycles. The molecule has 0 atom stereocenters. The van der Waals surface area contributed by atoms with Crippen LogP contribution in [0.3, 0.4) is 0 Å². The Kier molecular flexibility index (Phi) is 9.42. The van der Waals surface area contributed by atoms with Gasteiger partial charge in [0.05, 0.1) is 5.56 Å². The van der Waals surface area contributed by atoms with Crippen LogP contribution >= 0.6 is 0 Å². The lowest BCUT2D eigenvalue weighted by atomic mass is 9.77. The second kappa shape index (κ2) is 12.9. The molecule has 1 aliphatic carbocycles. The first-order valence-corrected chi connectivity index (χ1v) is 13.9. The van der Waals surface area contributed by atoms with Crippen molar-refractivity contribution >= 4 is 10.8 Å². The molecule has 3 aromatic carbocycles. The number of halogens is 1. The Labute approximate surface area is 212 Å². The van der Waals surface area contributed by atoms with Crippen LogP contribution in [0.25, 0.3) is 10.8 Å². The fourth-order valence-electron chi connectivity index (χ4n) is 5.62. The normalized spacial score (nSPS) is 17.8. The molecule has 0 aliphatic heterocycles. The average molecular weight is 469 g/mol. The van der Waals surface area contributed by atoms with E-state index in [0.717, 1.165) is 34.8 Å². The van der Waals surface area contributed by atoms with E-state index in [0.29, 0.717) is 10.9 Å². The summed E-state index contributed by atoms with van der Waals surface area (Å²) in [6.07, 6.45) is 16.7. The highest BCUT2D eigenvalue weighted by Crippen LogP contribution is 2.34. The molecule has 1 heteroatoms. The number of fused-ring (bicyclic) bond motifs is 1. The largest absolute Gasteiger partial charge is 0.205 e. The van der Waals surface area contributed by atoms with Crippen LogP contribution in [0, 0.1) is 36.4 Å². The molecule has 4 rings (SSSR count). The molecule has 0 saturated heterocycles. The zero-order valence-corrected chi connectivity index (χ0v) is 21.7. The zero-order valence-electron chi connectivity index (χ0n) is 21.7. The quantitative estimate of drug-likeness (QED) is 0.216. The molecule has 0 unspecified atom stereocenters. The van der Waals surface area contributed by atoms with E-state index < -0.39 is 0 Å². The van der Waals surface area contributed by atoms with E-state index in [1.807, 2.05) is 31.2 Å². The summed E-state index contributed by atoms with van der Waals surface area (Å²) in [4.78, 5) is 0. The predicted molar refractivity (Wildman–Crippen MR) is 148 cm³/mol. The van der Waals surface area contributed by atoms with Crippen molar-refractivity contribution in [2.24, 2.45) is 11.8 Å². The molecule has 35 heavy (non-hydrogen) atoms. The van der Waals surface area contributed by atoms with Gasteiger partial charge in [0.1, 0.15) is 5.82 Å². The molecule has 0 amide bonds. The van der Waals surface area contributed by atoms with Gasteiger partial charge in [0.25, 0.3) is 0 Å². The van der Waals surface area contributed by atoms with E-state index in [4.69, 9.17) is 0 Å². The van der Waals surface area contributed by atoms with Gasteiger partial charge in [-0.05, 0) is 60.7 Å². The molecular formula is C34H41F. The van der Waals surface area contributed by atoms with Gasteiger partial charge in [-0.3, -0.25) is 0 Å². The Balaban J connectivity index is 1.23. The molecule has 0 spiro atoms. The van der Waals surface area contributed by atoms with Crippen LogP contribution < -0.4 is 0 Å². The number of hydrogen-bond donors (Lipinski definition) is 0. The maximum atomic E-state index is 14.9. The van der Waals surface area contributed by atoms with E-state index in [2.05, 4.69) is 43.0 Å². The highest BCUT2D eigenvalue weighted by molar-refractivity contribution is 5.85. The monoisotopic (exact) mass is 468 g/mol. The van der Waals surface area contributed by atoms with E-state index in [1.54, 1.807) is 6.07 Å². The summed E-state index contributed by atoms with van der Waals surface area (Å²) in [5, 5.41) is 1.56. The standard InChI is InChI=1S/C34H41F/c1-3-4-5-6-7-8-27-10-12-28(13-11-27)14-15-29-16-18-30(19-17-29)20-21-31-22-23-32-25-26(2)9-24-33(32)34(31)35/h9,16-19,22-25,27-28H,3-8,10-15H2,1-2H3. The summed E-state index contributed by atoms with van der Waals surface area (Å²) in [6, 6.07) is 18.1. The fourth-order valence-corrected chi connectivity index (χ4v) is 5.62. The minimum Gasteiger partial charge on any atom is -0.205 e. The summed E-state index contributed by atoms with van der Waals surface area (Å²) in [6.45, 7) is 4.32. The molecule has 0 bridgehead atoms. The molecule has 1 fully saturated rings. The molecule has 0 radical (unpaired) electrons. The van der Waals surface area contributed by atoms with Gasteiger partial charge in [0, 0.05) is 10.9 Å². The van der Waals surface area contributed by atoms with Gasteiger partial charge in [-0.2, -0.15) is 0 Å². The summed E-state index contributed by atoms with van der Waals surface area (Å²) < 4.78 is 14.9. The number of benzene rings is 3. The lowest BCUT2D eigenvalue weighted by Gasteiger charge is -2.28. The van der Waals surface area contributed by atoms with Crippen molar-refractivity contribution in [3.63, 3.8) is 0 Å². The average Bonchev–Trinajstić information content (AvgIpc) is 2.88. The van der Waals surface area contributed by atoms with Gasteiger partial charge in [-0.25, -0.2) is 4.39 Å². The van der Waals surface area contributed by atoms with Crippen LogP contribution in [-0.4, -0.2) is 0 Å². The predicted octanol–water partition coefficient (Wildman–Crippen LogP) is 9.79. The Morgan fingerprint density at radius 1 is 0.771 bits per heavy atom. The highest BCUT2D eigenvalue weighted by atomic mass is 19.1. The van der Waals surface area contributed by atoms with Crippen LogP contribution in [0.15, 0.2) is 54.6 Å². The molecule has 0 nitrogen and oxygen atoms in total. The number of rotatable bonds is 9. The summed E-state index contributed by atoms with van der Waals surface area (Å²) in [7, 11) is 0. The maximum absolute atomic E-state index is 14.9. The molecule has 1 aliphatic rings. The minimum absolute atomic E-state index is 0.224. The van der Waals surface area contributed by atoms with Crippen molar-refractivity contribution in [2.45, 2.75) is 90.9 Å². The molecule has 0 aromatic heterocycles. The Bertz CT molecular complexity index is 1140. The third-order valence-electron chi connectivity index (χ3n) is 7.93. The first-order valence-electron chi connectivity index (χ1n) is 13.9. The van der Waals surface area contributed by atoms with E-state index in [-0.39, 0.29) is 5.82 Å². The third kappa shape index (κ3) is 7.44. The molecular weight excluding hydrogens is 427 g/mol. The highest BCUT2D eigenvalue weighted by Gasteiger charge is 2.20. The van der Waals surface area contributed by atoms with Gasteiger partial charge >= 0.3 is 0 Å². The van der Waals surface area contributed by atoms with Gasteiger partial charge in [0.15, 0.2) is 0 Å². The Morgan fingerprint density at radius 2 is 1.49 bits per heavy atom. The van der Waals surface area contributed by atoms with E-state index in [1.165, 1.54) is 76.2 Å². The molecule has 184 valence electrons. The van der Waals surface area contributed by atoms with Crippen molar-refractivity contribution in [1.82, 2.24) is 0 Å². The molecule has 3 aromatic rings. The topological polar surface area (TPSA) is 0 Å². The van der Waals surface area contributed by atoms with Crippen molar-refractivity contribution in [1.29, 1.82) is 0 Å². The number of unbranched alkanes of at least 4 members (excludes halogenated alkanes) is 4. The summed E-state index contributed by atoms with van der Waals surface area (Å²) in [5.74, 6) is 7.85. The third-order valence-corrected chi connectivity index (χ3v) is 7.93. The van der Waals surface area contributed by atoms with Crippen molar-refractivity contribution in [3.05, 3.63) is 82.7 Å². The Hall–Kier alpha value is -2.59. The van der Waals surface area contributed by atoms with Crippen molar-refractivity contribution in [2.75, 3.05) is 0 Å². The first-order chi connectivity index (χ1) is 17.1. The van der Waals surface area contributed by atoms with Gasteiger partial charge in [-0.1, -0.05) is 125 Å². The molecule has 0 heterocycles. The lowest BCUT2D eigenvalue weighted by Crippen LogP contribution is -2.15. The van der Waals surface area contributed by atoms with Crippen molar-refractivity contribution in [3.8, 4) is 11.8 Å². The van der Waals surface area contributed by atoms with Crippen LogP contribution in [0.1, 0.15) is 99.8 Å². The van der Waals surface area contributed by atoms with Crippen LogP contribution in [0.2, 0.25) is 0 Å². The van der Waals surface area contributed by atoms with Gasteiger partial charge in [-0.15, -0.1) is 0 Å². The van der Waals surface area contributed by atoms with Gasteiger partial charge in [0.2, 0.25) is 0 Å². The summed E-state index contributed by atoms with van der Waals surface area (Å²) in [5.41, 5.74) is 3.93. The van der Waals surface area contributed by atoms with Crippen molar-refractivity contribution < 1.29 is 4.39 Å². The maximum Gasteiger partial charge on any atom is 0.146 e. The van der Waals surface area contributed by atoms with Crippen LogP contribution in [0.4, 0.5) is 4.39 Å². The number of aryl methyl sites for hydroxylation is 2. The minimum atomic E-state index is -0.224. The summed E-state index contributed by atoms with van der Waals surface area (Å²) >= 11 is 0. The second-order valence-corrected chi connectivity index (χ2v) is 10.7. The zero-order chi connectivity index (χ0) is 24.5. The lowest BCUT2D eigenvalue weighted by molar-refractivity contribution is 0.248. The Morgan fingerprint density at radius 3 is 2.23 bits per heavy atom. The van der Waals surface area contributed by atoms with E-state index >= 15 is 0 Å². The molecule has 0 N–H and O–H groups in total. The number of hydrogen-bond acceptors (Lipinski definition) is 0. The van der Waals surface area contributed by atoms with Gasteiger partial charge < -0.3 is 0 Å². The first kappa shape index (κ1) is 25.5. The second-order valence-electron chi connectivity index (χ2n) is 10.7. The fraction of sp³-hybridized carbons (Fsp3) is 0.471. The SMILES string of the molecule is CCCCCCCC1CCC(CCc2ccc(C#Cc3ccc4cc(C)ccc4c3F)cc2)CC1. The van der Waals surface area contributed by atoms with Crippen LogP contribution in [-0.2, 0) is 6.42 Å². The van der Waals surface area contributed by atoms with Crippen LogP contribution in [0.5, 0.6) is 0 Å². The smallest absolute Gasteiger partial charge is 0.146 e.